The van der Waals surface area contributed by atoms with Crippen molar-refractivity contribution in [1.82, 2.24) is 4.98 Å². The van der Waals surface area contributed by atoms with Crippen LogP contribution in [-0.2, 0) is 4.79 Å². The number of fused-ring (bicyclic) bond motifs is 1. The Hall–Kier alpha value is -2.22. The molecule has 0 aliphatic heterocycles. The van der Waals surface area contributed by atoms with Crippen LogP contribution >= 0.6 is 11.3 Å². The van der Waals surface area contributed by atoms with Gasteiger partial charge < -0.3 is 22.6 Å². The number of nitrogens with one attached hydrogen (secondary N) is 1. The monoisotopic (exact) mass is 332 g/mol. The highest BCUT2D eigenvalue weighted by Gasteiger charge is 2.30. The smallest absolute Gasteiger partial charge is 0.418 e. The number of thiazole rings is 1. The van der Waals surface area contributed by atoms with Crippen LogP contribution in [0.2, 0.25) is 0 Å². The van der Waals surface area contributed by atoms with Gasteiger partial charge in [0.25, 0.3) is 0 Å². The molecule has 1 aliphatic carbocycles. The summed E-state index contributed by atoms with van der Waals surface area (Å²) >= 11 is 1.39. The van der Waals surface area contributed by atoms with E-state index in [2.05, 4.69) is 15.3 Å². The molecule has 1 aromatic carbocycles. The van der Waals surface area contributed by atoms with Gasteiger partial charge in [0.05, 0.1) is 16.3 Å². The molecule has 0 spiro atoms. The number of benzene rings is 1. The van der Waals surface area contributed by atoms with E-state index in [4.69, 9.17) is 5.39 Å². The van der Waals surface area contributed by atoms with Crippen LogP contribution in [0.1, 0.15) is 12.8 Å². The van der Waals surface area contributed by atoms with Gasteiger partial charge in [0, 0.05) is 12.0 Å². The SMILES string of the molecule is F[B-](F)(F)F.N#[N+]c1ccc2nc(NC(=O)C3CC3)sc2c1. The van der Waals surface area contributed by atoms with Gasteiger partial charge in [-0.05, 0) is 18.9 Å². The maximum Gasteiger partial charge on any atom is 0.673 e. The minimum atomic E-state index is -6.00. The van der Waals surface area contributed by atoms with Crippen LogP contribution in [-0.4, -0.2) is 18.1 Å². The van der Waals surface area contributed by atoms with Crippen molar-refractivity contribution in [3.05, 3.63) is 23.2 Å². The molecule has 1 saturated carbocycles. The normalized spacial score (nSPS) is 14.0. The number of nitrogens with zero attached hydrogens (tertiary/aromatic N) is 3. The summed E-state index contributed by atoms with van der Waals surface area (Å²) in [5.74, 6) is 0.223. The molecule has 1 fully saturated rings. The Morgan fingerprint density at radius 1 is 1.36 bits per heavy atom. The molecule has 0 saturated heterocycles. The largest absolute Gasteiger partial charge is 0.673 e. The summed E-state index contributed by atoms with van der Waals surface area (Å²) in [6, 6.07) is 5.18. The number of hydrogen-bond acceptors (Lipinski definition) is 4. The second kappa shape index (κ2) is 6.27. The van der Waals surface area contributed by atoms with Gasteiger partial charge in [0.2, 0.25) is 11.3 Å². The third-order valence-electron chi connectivity index (χ3n) is 2.67. The van der Waals surface area contributed by atoms with E-state index in [1.165, 1.54) is 11.3 Å². The van der Waals surface area contributed by atoms with Crippen LogP contribution in [0, 0.1) is 11.3 Å². The van der Waals surface area contributed by atoms with Gasteiger partial charge in [0.1, 0.15) is 0 Å². The lowest BCUT2D eigenvalue weighted by Crippen LogP contribution is -2.12. The second-order valence-corrected chi connectivity index (χ2v) is 5.56. The Balaban J connectivity index is 0.000000309. The molecule has 11 heteroatoms. The Labute approximate surface area is 126 Å². The van der Waals surface area contributed by atoms with Crippen molar-refractivity contribution in [2.24, 2.45) is 5.92 Å². The summed E-state index contributed by atoms with van der Waals surface area (Å²) < 4.78 is 39.9. The molecule has 3 rings (SSSR count). The van der Waals surface area contributed by atoms with Crippen LogP contribution < -0.4 is 5.32 Å². The fourth-order valence-corrected chi connectivity index (χ4v) is 2.48. The molecule has 1 amide bonds. The molecule has 2 aromatic rings. The zero-order chi connectivity index (χ0) is 16.3. The van der Waals surface area contributed by atoms with Gasteiger partial charge in [-0.1, -0.05) is 11.3 Å². The standard InChI is InChI=1S/C11H8N4OS.BF4/c12-15-7-3-4-8-9(5-7)17-11(13-8)14-10(16)6-1-2-6;2-1(3,4)5/h3-6H,1-2H2;/q;-1/p+1. The van der Waals surface area contributed by atoms with Crippen LogP contribution in [0.5, 0.6) is 0 Å². The third-order valence-corrected chi connectivity index (χ3v) is 3.60. The van der Waals surface area contributed by atoms with Crippen molar-refractivity contribution in [3.8, 4) is 0 Å². The molecule has 1 aliphatic rings. The Morgan fingerprint density at radius 3 is 2.55 bits per heavy atom. The maximum atomic E-state index is 11.6. The minimum Gasteiger partial charge on any atom is -0.418 e. The van der Waals surface area contributed by atoms with Crippen LogP contribution in [0.3, 0.4) is 0 Å². The highest BCUT2D eigenvalue weighted by Crippen LogP contribution is 2.33. The highest BCUT2D eigenvalue weighted by molar-refractivity contribution is 7.22. The number of carbonyl (C=O) groups excluding carboxylic acids is 1. The van der Waals surface area contributed by atoms with Gasteiger partial charge in [-0.3, -0.25) is 4.79 Å². The number of anilines is 1. The van der Waals surface area contributed by atoms with Crippen LogP contribution in [0.4, 0.5) is 28.1 Å². The van der Waals surface area contributed by atoms with Gasteiger partial charge in [-0.25, -0.2) is 4.98 Å². The summed E-state index contributed by atoms with van der Waals surface area (Å²) in [5, 5.41) is 12.1. The lowest BCUT2D eigenvalue weighted by atomic mass is 10.3. The molecule has 0 radical (unpaired) electrons. The summed E-state index contributed by atoms with van der Waals surface area (Å²) in [4.78, 5) is 19.0. The van der Waals surface area contributed by atoms with Crippen LogP contribution in [0.25, 0.3) is 15.2 Å². The number of diazo groups is 1. The Kier molecular flexibility index (Phi) is 4.61. The number of aromatic nitrogens is 1. The molecule has 1 aromatic heterocycles. The molecule has 1 heterocycles. The topological polar surface area (TPSA) is 70.1 Å². The number of amides is 1. The second-order valence-electron chi connectivity index (χ2n) is 4.53. The fraction of sp³-hybridized carbons (Fsp3) is 0.273. The van der Waals surface area contributed by atoms with Gasteiger partial charge >= 0.3 is 12.9 Å². The molecule has 1 N–H and O–H groups in total. The van der Waals surface area contributed by atoms with Crippen molar-refractivity contribution >= 4 is 45.5 Å². The van der Waals surface area contributed by atoms with Crippen molar-refractivity contribution in [2.75, 3.05) is 5.32 Å². The number of rotatable bonds is 2. The van der Waals surface area contributed by atoms with Crippen molar-refractivity contribution < 1.29 is 22.1 Å². The molecule has 22 heavy (non-hydrogen) atoms. The van der Waals surface area contributed by atoms with Gasteiger partial charge in [-0.2, -0.15) is 0 Å². The summed E-state index contributed by atoms with van der Waals surface area (Å²) in [6.07, 6.45) is 1.95. The Bertz CT molecular complexity index is 732. The Morgan fingerprint density at radius 2 is 2.00 bits per heavy atom. The van der Waals surface area contributed by atoms with E-state index in [9.17, 15) is 22.1 Å². The number of hydrogen-bond donors (Lipinski definition) is 1. The van der Waals surface area contributed by atoms with E-state index < -0.39 is 7.25 Å². The lowest BCUT2D eigenvalue weighted by molar-refractivity contribution is -0.117. The van der Waals surface area contributed by atoms with Crippen LogP contribution in [0.15, 0.2) is 18.2 Å². The van der Waals surface area contributed by atoms with E-state index in [1.807, 2.05) is 0 Å². The summed E-state index contributed by atoms with van der Waals surface area (Å²) in [5.41, 5.74) is 1.29. The average molecular weight is 332 g/mol. The summed E-state index contributed by atoms with van der Waals surface area (Å²) in [7, 11) is -6.00. The zero-order valence-electron chi connectivity index (χ0n) is 11.0. The molecule has 0 bridgehead atoms. The first-order valence-corrected chi connectivity index (χ1v) is 7.02. The zero-order valence-corrected chi connectivity index (χ0v) is 11.8. The lowest BCUT2D eigenvalue weighted by Gasteiger charge is -1.96. The number of halogens is 4. The maximum absolute atomic E-state index is 11.6. The van der Waals surface area contributed by atoms with Crippen molar-refractivity contribution in [3.63, 3.8) is 0 Å². The first kappa shape index (κ1) is 16.2. The molecule has 0 atom stereocenters. The van der Waals surface area contributed by atoms with Gasteiger partial charge in [0.15, 0.2) is 10.1 Å². The first-order valence-electron chi connectivity index (χ1n) is 6.20. The molecule has 5 nitrogen and oxygen atoms in total. The summed E-state index contributed by atoms with van der Waals surface area (Å²) in [6.45, 7) is 0. The van der Waals surface area contributed by atoms with Crippen molar-refractivity contribution in [2.45, 2.75) is 12.8 Å². The third kappa shape index (κ3) is 4.96. The van der Waals surface area contributed by atoms with E-state index in [0.717, 1.165) is 23.1 Å². The van der Waals surface area contributed by atoms with E-state index in [-0.39, 0.29) is 11.8 Å². The first-order chi connectivity index (χ1) is 10.3. The molecular weight excluding hydrogens is 323 g/mol. The quantitative estimate of drug-likeness (QED) is 0.502. The molecule has 116 valence electrons. The van der Waals surface area contributed by atoms with E-state index in [1.54, 1.807) is 18.2 Å². The van der Waals surface area contributed by atoms with E-state index >= 15 is 0 Å². The number of carbonyl (C=O) groups is 1. The average Bonchev–Trinajstić information content (AvgIpc) is 3.17. The van der Waals surface area contributed by atoms with Gasteiger partial charge in [-0.15, -0.1) is 0 Å². The van der Waals surface area contributed by atoms with Crippen molar-refractivity contribution in [1.29, 1.82) is 5.39 Å². The molecule has 0 unspecified atom stereocenters. The van der Waals surface area contributed by atoms with E-state index in [0.29, 0.717) is 10.8 Å². The predicted octanol–water partition coefficient (Wildman–Crippen LogP) is 4.43. The fourth-order valence-electron chi connectivity index (χ4n) is 1.58. The molecular formula is C11H9BF4N4OS. The predicted molar refractivity (Wildman–Crippen MR) is 75.9 cm³/mol. The minimum absolute atomic E-state index is 0.0520. The highest BCUT2D eigenvalue weighted by atomic mass is 32.1.